The number of aryl methyl sites for hydroxylation is 1. The molecule has 7 nitrogen and oxygen atoms in total. The molecule has 11 heteroatoms. The summed E-state index contributed by atoms with van der Waals surface area (Å²) in [4.78, 5) is 11.1. The van der Waals surface area contributed by atoms with Gasteiger partial charge in [0.25, 0.3) is 0 Å². The molecular formula is C26H26ClF3N4O3. The molecular weight excluding hydrogens is 509 g/mol. The topological polar surface area (TPSA) is 89.2 Å². The fourth-order valence-electron chi connectivity index (χ4n) is 3.57. The van der Waals surface area contributed by atoms with Crippen LogP contribution in [-0.2, 0) is 23.9 Å². The van der Waals surface area contributed by atoms with Crippen molar-refractivity contribution in [2.24, 2.45) is 7.05 Å². The number of aromatic nitrogens is 2. The number of nitrogens with one attached hydrogen (secondary N) is 1. The number of amides is 1. The van der Waals surface area contributed by atoms with Crippen LogP contribution >= 0.6 is 11.6 Å². The maximum absolute atomic E-state index is 12.5. The van der Waals surface area contributed by atoms with Crippen LogP contribution in [-0.4, -0.2) is 28.5 Å². The number of hydrogen-bond acceptors (Lipinski definition) is 5. The van der Waals surface area contributed by atoms with E-state index < -0.39 is 17.5 Å². The van der Waals surface area contributed by atoms with Crippen LogP contribution in [0.2, 0.25) is 5.02 Å². The van der Waals surface area contributed by atoms with Crippen molar-refractivity contribution in [1.82, 2.24) is 9.78 Å². The standard InChI is InChI=1S/C26H26ClF3N4O3/c1-5-10-36-23-16(14-31)11-18(12-21(23)27)25(2,3)17-6-8-20(9-7-17)37-15-19-13-22(33-34(19)4)32-24(35)26(28,29)30/h6-9,11-13H,5,10,15H2,1-4H3,(H,32,33,35). The average molecular weight is 535 g/mol. The molecule has 0 spiro atoms. The molecule has 1 N–H and O–H groups in total. The van der Waals surface area contributed by atoms with Gasteiger partial charge in [-0.15, -0.1) is 0 Å². The fourth-order valence-corrected chi connectivity index (χ4v) is 3.84. The van der Waals surface area contributed by atoms with Crippen molar-refractivity contribution >= 4 is 23.3 Å². The highest BCUT2D eigenvalue weighted by atomic mass is 35.5. The molecule has 0 saturated carbocycles. The van der Waals surface area contributed by atoms with Gasteiger partial charge in [0.05, 0.1) is 22.9 Å². The molecule has 0 unspecified atom stereocenters. The van der Waals surface area contributed by atoms with Crippen LogP contribution in [0.4, 0.5) is 19.0 Å². The summed E-state index contributed by atoms with van der Waals surface area (Å²) in [5, 5.41) is 15.6. The van der Waals surface area contributed by atoms with Crippen molar-refractivity contribution in [3.8, 4) is 17.6 Å². The predicted octanol–water partition coefficient (Wildman–Crippen LogP) is 6.14. The molecule has 0 saturated heterocycles. The largest absolute Gasteiger partial charge is 0.491 e. The minimum Gasteiger partial charge on any atom is -0.491 e. The minimum absolute atomic E-state index is 0.0223. The highest BCUT2D eigenvalue weighted by Gasteiger charge is 2.39. The minimum atomic E-state index is -5.00. The maximum Gasteiger partial charge on any atom is 0.471 e. The van der Waals surface area contributed by atoms with E-state index in [1.54, 1.807) is 29.6 Å². The van der Waals surface area contributed by atoms with Crippen LogP contribution < -0.4 is 14.8 Å². The van der Waals surface area contributed by atoms with E-state index in [-0.39, 0.29) is 12.4 Å². The third kappa shape index (κ3) is 6.54. The molecule has 2 aromatic carbocycles. The second-order valence-corrected chi connectivity index (χ2v) is 9.24. The number of nitriles is 1. The molecule has 0 aliphatic rings. The van der Waals surface area contributed by atoms with Crippen LogP contribution in [0.5, 0.6) is 11.5 Å². The quantitative estimate of drug-likeness (QED) is 0.356. The number of ether oxygens (including phenoxy) is 2. The Morgan fingerprint density at radius 2 is 1.81 bits per heavy atom. The summed E-state index contributed by atoms with van der Waals surface area (Å²) in [5.41, 5.74) is 2.12. The number of carbonyl (C=O) groups excluding carboxylic acids is 1. The molecule has 0 bridgehead atoms. The fraction of sp³-hybridized carbons (Fsp3) is 0.346. The summed E-state index contributed by atoms with van der Waals surface area (Å²) in [6.45, 7) is 6.47. The van der Waals surface area contributed by atoms with Gasteiger partial charge in [0, 0.05) is 18.5 Å². The van der Waals surface area contributed by atoms with Crippen LogP contribution in [0.25, 0.3) is 0 Å². The first-order valence-electron chi connectivity index (χ1n) is 11.4. The first-order valence-corrected chi connectivity index (χ1v) is 11.8. The van der Waals surface area contributed by atoms with Gasteiger partial charge in [-0.3, -0.25) is 9.48 Å². The van der Waals surface area contributed by atoms with Crippen LogP contribution in [0.3, 0.4) is 0 Å². The third-order valence-corrected chi connectivity index (χ3v) is 6.06. The average Bonchev–Trinajstić information content (AvgIpc) is 3.19. The summed E-state index contributed by atoms with van der Waals surface area (Å²) in [5.74, 6) is -1.41. The Morgan fingerprint density at radius 1 is 1.14 bits per heavy atom. The molecule has 1 aromatic heterocycles. The number of benzene rings is 2. The summed E-state index contributed by atoms with van der Waals surface area (Å²) in [7, 11) is 1.53. The zero-order valence-electron chi connectivity index (χ0n) is 20.7. The highest BCUT2D eigenvalue weighted by Crippen LogP contribution is 2.38. The zero-order valence-corrected chi connectivity index (χ0v) is 21.5. The third-order valence-electron chi connectivity index (χ3n) is 5.77. The molecule has 0 aliphatic carbocycles. The molecule has 3 aromatic rings. The summed E-state index contributed by atoms with van der Waals surface area (Å²) < 4.78 is 50.1. The summed E-state index contributed by atoms with van der Waals surface area (Å²) in [6, 6.07) is 14.4. The number of alkyl halides is 3. The van der Waals surface area contributed by atoms with E-state index in [1.165, 1.54) is 17.8 Å². The van der Waals surface area contributed by atoms with Crippen molar-refractivity contribution in [3.05, 3.63) is 69.9 Å². The second-order valence-electron chi connectivity index (χ2n) is 8.83. The van der Waals surface area contributed by atoms with E-state index in [0.717, 1.165) is 17.5 Å². The van der Waals surface area contributed by atoms with E-state index in [1.807, 2.05) is 32.9 Å². The smallest absolute Gasteiger partial charge is 0.471 e. The van der Waals surface area contributed by atoms with Crippen LogP contribution in [0.1, 0.15) is 49.6 Å². The van der Waals surface area contributed by atoms with Gasteiger partial charge >= 0.3 is 12.1 Å². The molecule has 0 atom stereocenters. The molecule has 0 fully saturated rings. The predicted molar refractivity (Wildman–Crippen MR) is 133 cm³/mol. The van der Waals surface area contributed by atoms with Gasteiger partial charge in [-0.05, 0) is 41.8 Å². The Hall–Kier alpha value is -3.71. The Kier molecular flexibility index (Phi) is 8.39. The molecule has 3 rings (SSSR count). The molecule has 196 valence electrons. The molecule has 1 heterocycles. The Morgan fingerprint density at radius 3 is 2.41 bits per heavy atom. The SMILES string of the molecule is CCCOc1c(Cl)cc(C(C)(C)c2ccc(OCc3cc(NC(=O)C(F)(F)F)nn3C)cc2)cc1C#N. The van der Waals surface area contributed by atoms with Gasteiger partial charge < -0.3 is 14.8 Å². The van der Waals surface area contributed by atoms with E-state index >= 15 is 0 Å². The molecule has 0 aliphatic heterocycles. The van der Waals surface area contributed by atoms with Crippen molar-refractivity contribution in [2.75, 3.05) is 11.9 Å². The number of carbonyl (C=O) groups is 1. The van der Waals surface area contributed by atoms with Crippen molar-refractivity contribution in [3.63, 3.8) is 0 Å². The second kappa shape index (κ2) is 11.1. The number of halogens is 4. The van der Waals surface area contributed by atoms with Crippen molar-refractivity contribution in [2.45, 2.75) is 45.4 Å². The number of anilines is 1. The summed E-state index contributed by atoms with van der Waals surface area (Å²) in [6.07, 6.45) is -4.21. The number of hydrogen-bond donors (Lipinski definition) is 1. The Labute approximate surface area is 217 Å². The van der Waals surface area contributed by atoms with Gasteiger partial charge in [-0.25, -0.2) is 0 Å². The first kappa shape index (κ1) is 27.9. The van der Waals surface area contributed by atoms with E-state index in [9.17, 15) is 23.2 Å². The van der Waals surface area contributed by atoms with Gasteiger partial charge in [-0.1, -0.05) is 44.5 Å². The lowest BCUT2D eigenvalue weighted by Gasteiger charge is -2.27. The van der Waals surface area contributed by atoms with Crippen LogP contribution in [0, 0.1) is 11.3 Å². The molecule has 0 radical (unpaired) electrons. The van der Waals surface area contributed by atoms with E-state index in [2.05, 4.69) is 11.2 Å². The summed E-state index contributed by atoms with van der Waals surface area (Å²) >= 11 is 6.45. The monoisotopic (exact) mass is 534 g/mol. The Bertz CT molecular complexity index is 1310. The van der Waals surface area contributed by atoms with E-state index in [0.29, 0.717) is 34.4 Å². The van der Waals surface area contributed by atoms with Gasteiger partial charge in [0.2, 0.25) is 0 Å². The number of nitrogens with zero attached hydrogens (tertiary/aromatic N) is 3. The van der Waals surface area contributed by atoms with Gasteiger partial charge in [0.15, 0.2) is 11.6 Å². The number of rotatable bonds is 9. The molecule has 37 heavy (non-hydrogen) atoms. The normalized spacial score (nSPS) is 11.6. The molecule has 1 amide bonds. The maximum atomic E-state index is 12.5. The lowest BCUT2D eigenvalue weighted by molar-refractivity contribution is -0.167. The van der Waals surface area contributed by atoms with Crippen molar-refractivity contribution in [1.29, 1.82) is 5.26 Å². The van der Waals surface area contributed by atoms with Crippen molar-refractivity contribution < 1.29 is 27.4 Å². The van der Waals surface area contributed by atoms with Gasteiger partial charge in [0.1, 0.15) is 18.4 Å². The highest BCUT2D eigenvalue weighted by molar-refractivity contribution is 6.32. The zero-order chi connectivity index (χ0) is 27.4. The van der Waals surface area contributed by atoms with Gasteiger partial charge in [-0.2, -0.15) is 23.5 Å². The van der Waals surface area contributed by atoms with Crippen LogP contribution in [0.15, 0.2) is 42.5 Å². The first-order chi connectivity index (χ1) is 17.4. The Balaban J connectivity index is 1.73. The lowest BCUT2D eigenvalue weighted by Crippen LogP contribution is -2.30. The lowest BCUT2D eigenvalue weighted by atomic mass is 9.77. The van der Waals surface area contributed by atoms with E-state index in [4.69, 9.17) is 21.1 Å².